The smallest absolute Gasteiger partial charge is 0.411 e. The van der Waals surface area contributed by atoms with Crippen molar-refractivity contribution in [2.45, 2.75) is 32.4 Å². The molecule has 0 spiro atoms. The first-order valence-electron chi connectivity index (χ1n) is 4.92. The van der Waals surface area contributed by atoms with Crippen LogP contribution in [0, 0.1) is 0 Å². The van der Waals surface area contributed by atoms with Crippen molar-refractivity contribution in [1.82, 2.24) is 4.90 Å². The Morgan fingerprint density at radius 1 is 1.60 bits per heavy atom. The van der Waals surface area contributed by atoms with Crippen LogP contribution in [0.1, 0.15) is 20.8 Å². The minimum absolute atomic E-state index is 0.121. The Labute approximate surface area is 89.8 Å². The summed E-state index contributed by atoms with van der Waals surface area (Å²) in [6.45, 7) is 6.34. The van der Waals surface area contributed by atoms with E-state index >= 15 is 0 Å². The van der Waals surface area contributed by atoms with Gasteiger partial charge in [0.2, 0.25) is 0 Å². The van der Waals surface area contributed by atoms with Gasteiger partial charge < -0.3 is 9.57 Å². The molecule has 0 aliphatic carbocycles. The molecule has 86 valence electrons. The maximum atomic E-state index is 11.7. The standard InChI is InChI=1S/C10H18N2O3/c1-10(2,3)15-9(13)12-6-4-5-8(12)7-14-11/h4-5,8H,6-7,11H2,1-3H3. The Bertz CT molecular complexity index is 258. The first-order chi connectivity index (χ1) is 6.94. The molecule has 0 fully saturated rings. The van der Waals surface area contributed by atoms with Crippen molar-refractivity contribution in [2.24, 2.45) is 5.90 Å². The molecule has 15 heavy (non-hydrogen) atoms. The summed E-state index contributed by atoms with van der Waals surface area (Å²) in [7, 11) is 0. The average Bonchev–Trinajstić information content (AvgIpc) is 2.49. The van der Waals surface area contributed by atoms with Gasteiger partial charge in [-0.3, -0.25) is 4.90 Å². The quantitative estimate of drug-likeness (QED) is 0.551. The lowest BCUT2D eigenvalue weighted by atomic mass is 10.2. The highest BCUT2D eigenvalue weighted by Gasteiger charge is 2.28. The number of rotatable bonds is 2. The molecule has 0 bridgehead atoms. The van der Waals surface area contributed by atoms with Gasteiger partial charge in [-0.1, -0.05) is 12.2 Å². The first kappa shape index (κ1) is 12.0. The molecule has 1 unspecified atom stereocenters. The van der Waals surface area contributed by atoms with Crippen LogP contribution in [0.3, 0.4) is 0 Å². The highest BCUT2D eigenvalue weighted by Crippen LogP contribution is 2.15. The number of nitrogens with two attached hydrogens (primary N) is 1. The largest absolute Gasteiger partial charge is 0.444 e. The summed E-state index contributed by atoms with van der Waals surface area (Å²) in [4.78, 5) is 17.8. The van der Waals surface area contributed by atoms with E-state index in [1.165, 1.54) is 0 Å². The second-order valence-electron chi connectivity index (χ2n) is 4.46. The van der Waals surface area contributed by atoms with Crippen LogP contribution in [-0.2, 0) is 9.57 Å². The van der Waals surface area contributed by atoms with E-state index < -0.39 is 5.60 Å². The Morgan fingerprint density at radius 3 is 2.80 bits per heavy atom. The van der Waals surface area contributed by atoms with Crippen LogP contribution < -0.4 is 5.90 Å². The van der Waals surface area contributed by atoms with Gasteiger partial charge in [-0.2, -0.15) is 0 Å². The highest BCUT2D eigenvalue weighted by atomic mass is 16.6. The van der Waals surface area contributed by atoms with Crippen LogP contribution in [0.5, 0.6) is 0 Å². The zero-order valence-corrected chi connectivity index (χ0v) is 9.40. The molecule has 0 saturated carbocycles. The van der Waals surface area contributed by atoms with Gasteiger partial charge >= 0.3 is 6.09 Å². The minimum Gasteiger partial charge on any atom is -0.444 e. The Morgan fingerprint density at radius 2 is 2.27 bits per heavy atom. The van der Waals surface area contributed by atoms with E-state index in [-0.39, 0.29) is 18.7 Å². The van der Waals surface area contributed by atoms with Crippen LogP contribution in [0.15, 0.2) is 12.2 Å². The molecule has 0 saturated heterocycles. The van der Waals surface area contributed by atoms with Gasteiger partial charge in [0.1, 0.15) is 5.60 Å². The second-order valence-corrected chi connectivity index (χ2v) is 4.46. The van der Waals surface area contributed by atoms with Crippen LogP contribution in [0.4, 0.5) is 4.79 Å². The third-order valence-corrected chi connectivity index (χ3v) is 1.96. The van der Waals surface area contributed by atoms with Crippen molar-refractivity contribution in [2.75, 3.05) is 13.2 Å². The molecule has 1 atom stereocenters. The molecule has 2 N–H and O–H groups in total. The van der Waals surface area contributed by atoms with E-state index in [1.54, 1.807) is 4.90 Å². The van der Waals surface area contributed by atoms with Crippen molar-refractivity contribution in [3.63, 3.8) is 0 Å². The predicted molar refractivity (Wildman–Crippen MR) is 56.0 cm³/mol. The predicted octanol–water partition coefficient (Wildman–Crippen LogP) is 1.05. The zero-order chi connectivity index (χ0) is 11.5. The number of ether oxygens (including phenoxy) is 1. The highest BCUT2D eigenvalue weighted by molar-refractivity contribution is 5.69. The normalized spacial score (nSPS) is 20.8. The Hall–Kier alpha value is -1.07. The van der Waals surface area contributed by atoms with E-state index in [4.69, 9.17) is 10.6 Å². The fourth-order valence-electron chi connectivity index (χ4n) is 1.35. The molecule has 0 radical (unpaired) electrons. The summed E-state index contributed by atoms with van der Waals surface area (Å²) in [5, 5.41) is 0. The summed E-state index contributed by atoms with van der Waals surface area (Å²) in [6, 6.07) is -0.121. The monoisotopic (exact) mass is 214 g/mol. The van der Waals surface area contributed by atoms with E-state index in [1.807, 2.05) is 32.9 Å². The fourth-order valence-corrected chi connectivity index (χ4v) is 1.35. The number of nitrogens with zero attached hydrogens (tertiary/aromatic N) is 1. The van der Waals surface area contributed by atoms with Crippen LogP contribution >= 0.6 is 0 Å². The maximum Gasteiger partial charge on any atom is 0.411 e. The number of carbonyl (C=O) groups is 1. The van der Waals surface area contributed by atoms with E-state index in [0.29, 0.717) is 6.54 Å². The number of amides is 1. The lowest BCUT2D eigenvalue weighted by molar-refractivity contribution is 0.0137. The van der Waals surface area contributed by atoms with Gasteiger partial charge in [0.15, 0.2) is 0 Å². The first-order valence-corrected chi connectivity index (χ1v) is 4.92. The maximum absolute atomic E-state index is 11.7. The van der Waals surface area contributed by atoms with Crippen molar-refractivity contribution < 1.29 is 14.4 Å². The van der Waals surface area contributed by atoms with Crippen molar-refractivity contribution in [1.29, 1.82) is 0 Å². The van der Waals surface area contributed by atoms with Gasteiger partial charge in [-0.15, -0.1) is 0 Å². The van der Waals surface area contributed by atoms with Crippen molar-refractivity contribution in [3.05, 3.63) is 12.2 Å². The molecule has 1 aliphatic heterocycles. The summed E-state index contributed by atoms with van der Waals surface area (Å²) in [6.07, 6.45) is 3.44. The minimum atomic E-state index is -0.478. The molecular weight excluding hydrogens is 196 g/mol. The molecule has 5 heteroatoms. The lowest BCUT2D eigenvalue weighted by Gasteiger charge is -2.27. The lowest BCUT2D eigenvalue weighted by Crippen LogP contribution is -2.42. The van der Waals surface area contributed by atoms with E-state index in [9.17, 15) is 4.79 Å². The van der Waals surface area contributed by atoms with Gasteiger partial charge in [-0.05, 0) is 20.8 Å². The molecule has 0 aromatic carbocycles. The molecular formula is C10H18N2O3. The van der Waals surface area contributed by atoms with Crippen LogP contribution in [0.25, 0.3) is 0 Å². The number of hydrogen-bond donors (Lipinski definition) is 1. The summed E-state index contributed by atoms with van der Waals surface area (Å²) < 4.78 is 5.25. The SMILES string of the molecule is CC(C)(C)OC(=O)N1CC=CC1CON. The van der Waals surface area contributed by atoms with Crippen LogP contribution in [-0.4, -0.2) is 35.8 Å². The van der Waals surface area contributed by atoms with E-state index in [0.717, 1.165) is 0 Å². The van der Waals surface area contributed by atoms with Gasteiger partial charge in [0.05, 0.1) is 12.6 Å². The zero-order valence-electron chi connectivity index (χ0n) is 9.40. The second kappa shape index (κ2) is 4.63. The molecule has 1 rings (SSSR count). The summed E-state index contributed by atoms with van der Waals surface area (Å²) in [5.41, 5.74) is -0.478. The summed E-state index contributed by atoms with van der Waals surface area (Å²) >= 11 is 0. The molecule has 5 nitrogen and oxygen atoms in total. The number of hydrogen-bond acceptors (Lipinski definition) is 4. The molecule has 0 aromatic heterocycles. The van der Waals surface area contributed by atoms with Gasteiger partial charge in [0, 0.05) is 6.54 Å². The number of carbonyl (C=O) groups excluding carboxylic acids is 1. The van der Waals surface area contributed by atoms with Gasteiger partial charge in [-0.25, -0.2) is 10.7 Å². The third kappa shape index (κ3) is 3.53. The Balaban J connectivity index is 2.53. The third-order valence-electron chi connectivity index (χ3n) is 1.96. The average molecular weight is 214 g/mol. The summed E-state index contributed by atoms with van der Waals surface area (Å²) in [5.74, 6) is 4.99. The van der Waals surface area contributed by atoms with E-state index in [2.05, 4.69) is 4.84 Å². The van der Waals surface area contributed by atoms with Gasteiger partial charge in [0.25, 0.3) is 0 Å². The van der Waals surface area contributed by atoms with Crippen molar-refractivity contribution >= 4 is 6.09 Å². The molecule has 1 heterocycles. The molecule has 1 aliphatic rings. The topological polar surface area (TPSA) is 64.8 Å². The molecule has 1 amide bonds. The fraction of sp³-hybridized carbons (Fsp3) is 0.700. The Kier molecular flexibility index (Phi) is 3.71. The van der Waals surface area contributed by atoms with Crippen molar-refractivity contribution in [3.8, 4) is 0 Å². The van der Waals surface area contributed by atoms with Crippen LogP contribution in [0.2, 0.25) is 0 Å². The molecule has 0 aromatic rings.